The Balaban J connectivity index is 3.40. The molecular weight excluding hydrogens is 251 g/mol. The van der Waals surface area contributed by atoms with Crippen molar-refractivity contribution >= 4 is 28.9 Å². The van der Waals surface area contributed by atoms with Crippen molar-refractivity contribution in [3.05, 3.63) is 32.4 Å². The van der Waals surface area contributed by atoms with Crippen molar-refractivity contribution in [1.29, 1.82) is 0 Å². The highest BCUT2D eigenvalue weighted by Crippen LogP contribution is 2.17. The minimum absolute atomic E-state index is 0.830. The number of hydrogen-bond donors (Lipinski definition) is 0. The number of rotatable bonds is 1. The lowest BCUT2D eigenvalue weighted by molar-refractivity contribution is 0.112. The molecule has 0 aliphatic heterocycles. The standard InChI is InChI=1S/C9H9IO/c1-6-3-4-9(10)7(2)8(6)5-11/h3-5H,1-2H3. The van der Waals surface area contributed by atoms with Gasteiger partial charge in [0.1, 0.15) is 0 Å². The van der Waals surface area contributed by atoms with E-state index in [0.717, 1.165) is 26.5 Å². The molecule has 0 spiro atoms. The Labute approximate surface area is 79.9 Å². The number of halogens is 1. The van der Waals surface area contributed by atoms with Crippen LogP contribution in [0.2, 0.25) is 0 Å². The van der Waals surface area contributed by atoms with E-state index in [4.69, 9.17) is 0 Å². The van der Waals surface area contributed by atoms with Gasteiger partial charge in [0, 0.05) is 9.13 Å². The molecule has 0 radical (unpaired) electrons. The minimum atomic E-state index is 0.830. The summed E-state index contributed by atoms with van der Waals surface area (Å²) in [5.74, 6) is 0. The number of benzene rings is 1. The summed E-state index contributed by atoms with van der Waals surface area (Å²) in [4.78, 5) is 10.6. The molecule has 0 aliphatic carbocycles. The summed E-state index contributed by atoms with van der Waals surface area (Å²) in [5.41, 5.74) is 2.97. The molecule has 58 valence electrons. The topological polar surface area (TPSA) is 17.1 Å². The lowest BCUT2D eigenvalue weighted by Crippen LogP contribution is -1.93. The Morgan fingerprint density at radius 3 is 2.45 bits per heavy atom. The molecule has 0 saturated heterocycles. The fraction of sp³-hybridized carbons (Fsp3) is 0.222. The molecule has 0 aliphatic rings. The van der Waals surface area contributed by atoms with Crippen LogP contribution in [0, 0.1) is 17.4 Å². The molecule has 2 heteroatoms. The Morgan fingerprint density at radius 2 is 2.00 bits per heavy atom. The van der Waals surface area contributed by atoms with E-state index >= 15 is 0 Å². The molecule has 0 atom stereocenters. The highest BCUT2D eigenvalue weighted by Gasteiger charge is 2.03. The normalized spacial score (nSPS) is 9.73. The highest BCUT2D eigenvalue weighted by molar-refractivity contribution is 14.1. The zero-order valence-corrected chi connectivity index (χ0v) is 8.68. The van der Waals surface area contributed by atoms with Crippen LogP contribution in [-0.2, 0) is 0 Å². The molecule has 0 saturated carbocycles. The zero-order chi connectivity index (χ0) is 8.43. The Hall–Kier alpha value is -0.380. The van der Waals surface area contributed by atoms with Crippen molar-refractivity contribution in [3.8, 4) is 0 Å². The van der Waals surface area contributed by atoms with Gasteiger partial charge >= 0.3 is 0 Å². The van der Waals surface area contributed by atoms with E-state index in [1.54, 1.807) is 0 Å². The molecule has 0 amide bonds. The van der Waals surface area contributed by atoms with Gasteiger partial charge in [-0.05, 0) is 53.6 Å². The van der Waals surface area contributed by atoms with Crippen molar-refractivity contribution < 1.29 is 4.79 Å². The molecule has 1 nitrogen and oxygen atoms in total. The maximum absolute atomic E-state index is 10.6. The average Bonchev–Trinajstić information content (AvgIpc) is 1.99. The van der Waals surface area contributed by atoms with Gasteiger partial charge in [-0.25, -0.2) is 0 Å². The van der Waals surface area contributed by atoms with E-state index in [2.05, 4.69) is 22.6 Å². The van der Waals surface area contributed by atoms with Gasteiger partial charge < -0.3 is 0 Å². The van der Waals surface area contributed by atoms with Gasteiger partial charge in [0.05, 0.1) is 0 Å². The summed E-state index contributed by atoms with van der Waals surface area (Å²) < 4.78 is 1.15. The maximum Gasteiger partial charge on any atom is 0.150 e. The van der Waals surface area contributed by atoms with E-state index in [1.165, 1.54) is 0 Å². The van der Waals surface area contributed by atoms with Crippen molar-refractivity contribution in [2.45, 2.75) is 13.8 Å². The van der Waals surface area contributed by atoms with Crippen LogP contribution in [0.1, 0.15) is 21.5 Å². The van der Waals surface area contributed by atoms with Crippen molar-refractivity contribution in [1.82, 2.24) is 0 Å². The van der Waals surface area contributed by atoms with Crippen LogP contribution in [-0.4, -0.2) is 6.29 Å². The third kappa shape index (κ3) is 1.61. The van der Waals surface area contributed by atoms with Crippen LogP contribution in [0.4, 0.5) is 0 Å². The summed E-state index contributed by atoms with van der Waals surface area (Å²) in [6.07, 6.45) is 0.923. The second-order valence-corrected chi connectivity index (χ2v) is 3.68. The van der Waals surface area contributed by atoms with Crippen LogP contribution >= 0.6 is 22.6 Å². The highest BCUT2D eigenvalue weighted by atomic mass is 127. The SMILES string of the molecule is Cc1ccc(I)c(C)c1C=O. The first-order chi connectivity index (χ1) is 5.16. The number of carbonyl (C=O) groups excluding carboxylic acids is 1. The molecule has 0 heterocycles. The molecule has 0 N–H and O–H groups in total. The predicted octanol–water partition coefficient (Wildman–Crippen LogP) is 2.72. The predicted molar refractivity (Wildman–Crippen MR) is 54.0 cm³/mol. The summed E-state index contributed by atoms with van der Waals surface area (Å²) >= 11 is 2.23. The molecular formula is C9H9IO. The van der Waals surface area contributed by atoms with E-state index in [0.29, 0.717) is 0 Å². The molecule has 11 heavy (non-hydrogen) atoms. The lowest BCUT2D eigenvalue weighted by Gasteiger charge is -2.03. The summed E-state index contributed by atoms with van der Waals surface area (Å²) in [6, 6.07) is 4.00. The quantitative estimate of drug-likeness (QED) is 0.560. The molecule has 0 bridgehead atoms. The van der Waals surface area contributed by atoms with Gasteiger partial charge in [0.2, 0.25) is 0 Å². The molecule has 0 unspecified atom stereocenters. The monoisotopic (exact) mass is 260 g/mol. The fourth-order valence-corrected chi connectivity index (χ4v) is 1.49. The Kier molecular flexibility index (Phi) is 2.65. The molecule has 0 aromatic heterocycles. The molecule has 1 aromatic rings. The van der Waals surface area contributed by atoms with Gasteiger partial charge in [-0.15, -0.1) is 0 Å². The average molecular weight is 260 g/mol. The van der Waals surface area contributed by atoms with Crippen molar-refractivity contribution in [2.75, 3.05) is 0 Å². The van der Waals surface area contributed by atoms with Gasteiger partial charge in [-0.3, -0.25) is 4.79 Å². The maximum atomic E-state index is 10.6. The Bertz CT molecular complexity index is 292. The van der Waals surface area contributed by atoms with Crippen LogP contribution < -0.4 is 0 Å². The van der Waals surface area contributed by atoms with Gasteiger partial charge in [-0.2, -0.15) is 0 Å². The van der Waals surface area contributed by atoms with Crippen molar-refractivity contribution in [2.24, 2.45) is 0 Å². The third-order valence-electron chi connectivity index (χ3n) is 1.78. The zero-order valence-electron chi connectivity index (χ0n) is 6.52. The van der Waals surface area contributed by atoms with Gasteiger partial charge in [0.25, 0.3) is 0 Å². The first-order valence-electron chi connectivity index (χ1n) is 3.37. The van der Waals surface area contributed by atoms with Crippen LogP contribution in [0.3, 0.4) is 0 Å². The minimum Gasteiger partial charge on any atom is -0.298 e. The molecule has 0 fully saturated rings. The second kappa shape index (κ2) is 3.34. The fourth-order valence-electron chi connectivity index (χ4n) is 1.02. The largest absolute Gasteiger partial charge is 0.298 e. The first-order valence-corrected chi connectivity index (χ1v) is 4.45. The second-order valence-electron chi connectivity index (χ2n) is 2.52. The van der Waals surface area contributed by atoms with Crippen LogP contribution in [0.25, 0.3) is 0 Å². The van der Waals surface area contributed by atoms with Gasteiger partial charge in [0.15, 0.2) is 6.29 Å². The molecule has 1 aromatic carbocycles. The third-order valence-corrected chi connectivity index (χ3v) is 2.95. The van der Waals surface area contributed by atoms with E-state index in [9.17, 15) is 4.79 Å². The number of aldehydes is 1. The van der Waals surface area contributed by atoms with E-state index in [1.807, 2.05) is 26.0 Å². The lowest BCUT2D eigenvalue weighted by atomic mass is 10.0. The Morgan fingerprint density at radius 1 is 1.36 bits per heavy atom. The van der Waals surface area contributed by atoms with Crippen LogP contribution in [0.5, 0.6) is 0 Å². The van der Waals surface area contributed by atoms with Crippen molar-refractivity contribution in [3.63, 3.8) is 0 Å². The number of hydrogen-bond acceptors (Lipinski definition) is 1. The number of carbonyl (C=O) groups is 1. The summed E-state index contributed by atoms with van der Waals surface area (Å²) in [7, 11) is 0. The molecule has 1 rings (SSSR count). The van der Waals surface area contributed by atoms with Crippen LogP contribution in [0.15, 0.2) is 12.1 Å². The van der Waals surface area contributed by atoms with E-state index in [-0.39, 0.29) is 0 Å². The first kappa shape index (κ1) is 8.71. The van der Waals surface area contributed by atoms with Gasteiger partial charge in [-0.1, -0.05) is 6.07 Å². The number of aryl methyl sites for hydroxylation is 1. The van der Waals surface area contributed by atoms with E-state index < -0.39 is 0 Å². The smallest absolute Gasteiger partial charge is 0.150 e. The summed E-state index contributed by atoms with van der Waals surface area (Å²) in [5, 5.41) is 0. The summed E-state index contributed by atoms with van der Waals surface area (Å²) in [6.45, 7) is 3.92.